The van der Waals surface area contributed by atoms with Gasteiger partial charge in [-0.2, -0.15) is 0 Å². The number of pyridine rings is 1. The van der Waals surface area contributed by atoms with Gasteiger partial charge in [-0.3, -0.25) is 4.98 Å². The summed E-state index contributed by atoms with van der Waals surface area (Å²) in [6, 6.07) is 17.6. The highest BCUT2D eigenvalue weighted by Gasteiger charge is 2.24. The van der Waals surface area contributed by atoms with Crippen molar-refractivity contribution in [2.24, 2.45) is 0 Å². The van der Waals surface area contributed by atoms with E-state index in [4.69, 9.17) is 0 Å². The molecule has 182 valence electrons. The highest BCUT2D eigenvalue weighted by molar-refractivity contribution is 5.89. The third-order valence-corrected chi connectivity index (χ3v) is 8.08. The molecule has 35 heavy (non-hydrogen) atoms. The summed E-state index contributed by atoms with van der Waals surface area (Å²) in [6.45, 7) is 2.37. The second-order valence-electron chi connectivity index (χ2n) is 10.2. The zero-order valence-electron chi connectivity index (χ0n) is 20.8. The molecule has 0 unspecified atom stereocenters. The van der Waals surface area contributed by atoms with Crippen molar-refractivity contribution in [1.29, 1.82) is 0 Å². The predicted molar refractivity (Wildman–Crippen MR) is 141 cm³/mol. The topological polar surface area (TPSA) is 56.7 Å². The minimum absolute atomic E-state index is 0.372. The van der Waals surface area contributed by atoms with Crippen molar-refractivity contribution in [3.05, 3.63) is 88.7 Å². The van der Waals surface area contributed by atoms with Crippen molar-refractivity contribution in [3.63, 3.8) is 0 Å². The van der Waals surface area contributed by atoms with Gasteiger partial charge in [0.2, 0.25) is 0 Å². The number of aryl methyl sites for hydroxylation is 2. The summed E-state index contributed by atoms with van der Waals surface area (Å²) < 4.78 is 0. The summed E-state index contributed by atoms with van der Waals surface area (Å²) in [4.78, 5) is 20.4. The molecule has 0 bridgehead atoms. The Balaban J connectivity index is 1.25. The van der Waals surface area contributed by atoms with Crippen LogP contribution in [0.1, 0.15) is 70.1 Å². The van der Waals surface area contributed by atoms with Crippen LogP contribution in [0.25, 0.3) is 0 Å². The van der Waals surface area contributed by atoms with E-state index in [1.165, 1.54) is 54.0 Å². The van der Waals surface area contributed by atoms with Crippen molar-refractivity contribution >= 4 is 17.3 Å². The SMILES string of the molecule is CN1CCC(c2ccc(N(C)c3ccc4c(c3)CC[C@H]4CCc3cnccc3C(=O)O)cc2)CC1. The van der Waals surface area contributed by atoms with Gasteiger partial charge in [0.05, 0.1) is 5.56 Å². The first-order valence-electron chi connectivity index (χ1n) is 12.8. The third kappa shape index (κ3) is 5.10. The molecule has 1 atom stereocenters. The molecule has 0 radical (unpaired) electrons. The number of rotatable bonds is 7. The Morgan fingerprint density at radius 3 is 2.54 bits per heavy atom. The molecule has 0 amide bonds. The van der Waals surface area contributed by atoms with E-state index in [0.29, 0.717) is 17.4 Å². The van der Waals surface area contributed by atoms with Crippen molar-refractivity contribution in [3.8, 4) is 0 Å². The van der Waals surface area contributed by atoms with E-state index in [0.717, 1.165) is 31.2 Å². The smallest absolute Gasteiger partial charge is 0.336 e. The number of carboxylic acids is 1. The number of benzene rings is 2. The number of aromatic nitrogens is 1. The molecule has 0 saturated carbocycles. The van der Waals surface area contributed by atoms with Gasteiger partial charge in [0.25, 0.3) is 0 Å². The van der Waals surface area contributed by atoms with E-state index in [1.54, 1.807) is 18.5 Å². The average molecular weight is 470 g/mol. The van der Waals surface area contributed by atoms with E-state index < -0.39 is 5.97 Å². The monoisotopic (exact) mass is 469 g/mol. The number of carboxylic acid groups (broad SMARTS) is 1. The molecule has 2 aliphatic rings. The predicted octanol–water partition coefficient (Wildman–Crippen LogP) is 6.02. The average Bonchev–Trinajstić information content (AvgIpc) is 3.30. The molecule has 3 aromatic rings. The first-order valence-corrected chi connectivity index (χ1v) is 12.8. The Morgan fingerprint density at radius 1 is 1.06 bits per heavy atom. The largest absolute Gasteiger partial charge is 0.478 e. The molecule has 2 heterocycles. The number of hydrogen-bond donors (Lipinski definition) is 1. The van der Waals surface area contributed by atoms with Gasteiger partial charge in [-0.25, -0.2) is 4.79 Å². The van der Waals surface area contributed by atoms with E-state index in [2.05, 4.69) is 71.3 Å². The van der Waals surface area contributed by atoms with Crippen molar-refractivity contribution in [2.45, 2.75) is 50.4 Å². The van der Waals surface area contributed by atoms with E-state index in [9.17, 15) is 9.90 Å². The lowest BCUT2D eigenvalue weighted by Crippen LogP contribution is -2.29. The van der Waals surface area contributed by atoms with Crippen LogP contribution in [0.3, 0.4) is 0 Å². The Hall–Kier alpha value is -3.18. The number of anilines is 2. The van der Waals surface area contributed by atoms with Crippen LogP contribution in [0.2, 0.25) is 0 Å². The summed E-state index contributed by atoms with van der Waals surface area (Å²) in [6.07, 6.45) is 9.64. The van der Waals surface area contributed by atoms with Gasteiger partial charge in [-0.1, -0.05) is 18.2 Å². The highest BCUT2D eigenvalue weighted by atomic mass is 16.4. The van der Waals surface area contributed by atoms with Gasteiger partial charge >= 0.3 is 5.97 Å². The summed E-state index contributed by atoms with van der Waals surface area (Å²) in [7, 11) is 4.36. The zero-order chi connectivity index (χ0) is 24.4. The normalized spacial score (nSPS) is 18.4. The summed E-state index contributed by atoms with van der Waals surface area (Å²) in [5.74, 6) is 0.280. The second kappa shape index (κ2) is 10.2. The fraction of sp³-hybridized carbons (Fsp3) is 0.400. The van der Waals surface area contributed by atoms with E-state index in [1.807, 2.05) is 0 Å². The van der Waals surface area contributed by atoms with Crippen molar-refractivity contribution < 1.29 is 9.90 Å². The maximum absolute atomic E-state index is 11.5. The minimum atomic E-state index is -0.874. The van der Waals surface area contributed by atoms with Crippen molar-refractivity contribution in [1.82, 2.24) is 9.88 Å². The Labute approximate surface area is 208 Å². The van der Waals surface area contributed by atoms with Gasteiger partial charge in [0.15, 0.2) is 0 Å². The van der Waals surface area contributed by atoms with Gasteiger partial charge in [-0.15, -0.1) is 0 Å². The van der Waals surface area contributed by atoms with Crippen LogP contribution < -0.4 is 4.90 Å². The molecule has 5 nitrogen and oxygen atoms in total. The van der Waals surface area contributed by atoms with Gasteiger partial charge in [0.1, 0.15) is 0 Å². The zero-order valence-corrected chi connectivity index (χ0v) is 20.8. The van der Waals surface area contributed by atoms with Crippen LogP contribution in [-0.2, 0) is 12.8 Å². The lowest BCUT2D eigenvalue weighted by atomic mass is 9.89. The number of nitrogens with zero attached hydrogens (tertiary/aromatic N) is 3. The van der Waals surface area contributed by atoms with E-state index in [-0.39, 0.29) is 0 Å². The number of fused-ring (bicyclic) bond motifs is 1. The van der Waals surface area contributed by atoms with Crippen LogP contribution in [0.5, 0.6) is 0 Å². The molecule has 0 spiro atoms. The number of likely N-dealkylation sites (tertiary alicyclic amines) is 1. The molecule has 5 heteroatoms. The maximum Gasteiger partial charge on any atom is 0.336 e. The third-order valence-electron chi connectivity index (χ3n) is 8.08. The molecular weight excluding hydrogens is 434 g/mol. The molecule has 1 aliphatic carbocycles. The molecule has 5 rings (SSSR count). The van der Waals surface area contributed by atoms with Crippen LogP contribution in [0, 0.1) is 0 Å². The molecular formula is C30H35N3O2. The Kier molecular flexibility index (Phi) is 6.87. The number of carbonyl (C=O) groups is 1. The van der Waals surface area contributed by atoms with Crippen LogP contribution in [0.4, 0.5) is 11.4 Å². The first-order chi connectivity index (χ1) is 17.0. The molecule has 1 fully saturated rings. The Bertz CT molecular complexity index is 1180. The van der Waals surface area contributed by atoms with Gasteiger partial charge in [0, 0.05) is 30.8 Å². The molecule has 1 saturated heterocycles. The van der Waals surface area contributed by atoms with Crippen LogP contribution in [-0.4, -0.2) is 48.1 Å². The standard InChI is InChI=1S/C30H35N3O2/c1-32-17-14-22(15-18-32)21-7-9-26(10-8-21)33(2)27-11-12-28-23(3-5-24(28)19-27)4-6-25-20-31-16-13-29(25)30(34)35/h7-13,16,19-20,22-23H,3-6,14-15,17-18H2,1-2H3,(H,34,35)/t23-/m0/s1. The molecule has 1 aliphatic heterocycles. The highest BCUT2D eigenvalue weighted by Crippen LogP contribution is 2.39. The fourth-order valence-electron chi connectivity index (χ4n) is 5.83. The number of piperidine rings is 1. The minimum Gasteiger partial charge on any atom is -0.478 e. The maximum atomic E-state index is 11.5. The van der Waals surface area contributed by atoms with Crippen molar-refractivity contribution in [2.75, 3.05) is 32.1 Å². The lowest BCUT2D eigenvalue weighted by molar-refractivity contribution is 0.0695. The quantitative estimate of drug-likeness (QED) is 0.459. The summed E-state index contributed by atoms with van der Waals surface area (Å²) >= 11 is 0. The fourth-order valence-corrected chi connectivity index (χ4v) is 5.83. The van der Waals surface area contributed by atoms with Gasteiger partial charge in [-0.05, 0) is 123 Å². The molecule has 1 N–H and O–H groups in total. The van der Waals surface area contributed by atoms with Crippen LogP contribution in [0.15, 0.2) is 60.9 Å². The van der Waals surface area contributed by atoms with Crippen LogP contribution >= 0.6 is 0 Å². The number of aromatic carboxylic acids is 1. The molecule has 1 aromatic heterocycles. The number of hydrogen-bond acceptors (Lipinski definition) is 4. The second-order valence-corrected chi connectivity index (χ2v) is 10.2. The summed E-state index contributed by atoms with van der Waals surface area (Å²) in [5, 5.41) is 9.45. The summed E-state index contributed by atoms with van der Waals surface area (Å²) in [5.41, 5.74) is 7.94. The molecule has 2 aromatic carbocycles. The van der Waals surface area contributed by atoms with E-state index >= 15 is 0 Å². The Morgan fingerprint density at radius 2 is 1.80 bits per heavy atom. The first kappa shape index (κ1) is 23.6. The van der Waals surface area contributed by atoms with Gasteiger partial charge < -0.3 is 14.9 Å². The lowest BCUT2D eigenvalue weighted by Gasteiger charge is -2.29.